The quantitative estimate of drug-likeness (QED) is 0.798. The largest absolute Gasteiger partial charge is 0.392 e. The highest BCUT2D eigenvalue weighted by Crippen LogP contribution is 2.32. The maximum Gasteiger partial charge on any atom is 0.238 e. The van der Waals surface area contributed by atoms with Gasteiger partial charge in [-0.05, 0) is 62.9 Å². The summed E-state index contributed by atoms with van der Waals surface area (Å²) in [7, 11) is 1.88. The van der Waals surface area contributed by atoms with Gasteiger partial charge in [0.15, 0.2) is 0 Å². The summed E-state index contributed by atoms with van der Waals surface area (Å²) in [6, 6.07) is 8.16. The molecule has 1 unspecified atom stereocenters. The summed E-state index contributed by atoms with van der Waals surface area (Å²) in [6.45, 7) is 3.11. The highest BCUT2D eigenvalue weighted by Gasteiger charge is 2.30. The van der Waals surface area contributed by atoms with Gasteiger partial charge in [-0.25, -0.2) is 0 Å². The van der Waals surface area contributed by atoms with Crippen molar-refractivity contribution < 1.29 is 9.90 Å². The van der Waals surface area contributed by atoms with Gasteiger partial charge in [0.1, 0.15) is 0 Å². The van der Waals surface area contributed by atoms with Crippen molar-refractivity contribution in [3.05, 3.63) is 24.3 Å². The van der Waals surface area contributed by atoms with E-state index in [0.717, 1.165) is 31.6 Å². The minimum Gasteiger partial charge on any atom is -0.392 e. The van der Waals surface area contributed by atoms with Crippen LogP contribution in [-0.2, 0) is 4.79 Å². The van der Waals surface area contributed by atoms with Crippen molar-refractivity contribution in [1.82, 2.24) is 4.90 Å². The number of nitrogens with one attached hydrogen (secondary N) is 1. The van der Waals surface area contributed by atoms with E-state index in [1.165, 1.54) is 31.4 Å². The summed E-state index contributed by atoms with van der Waals surface area (Å²) < 4.78 is 0. The van der Waals surface area contributed by atoms with E-state index in [4.69, 9.17) is 0 Å². The molecule has 1 amide bonds. The van der Waals surface area contributed by atoms with Gasteiger partial charge in [0, 0.05) is 31.0 Å². The molecule has 1 heterocycles. The van der Waals surface area contributed by atoms with E-state index in [9.17, 15) is 9.90 Å². The van der Waals surface area contributed by atoms with Gasteiger partial charge in [-0.1, -0.05) is 12.8 Å². The molecule has 5 nitrogen and oxygen atoms in total. The van der Waals surface area contributed by atoms with Crippen LogP contribution in [0.3, 0.4) is 0 Å². The molecule has 1 aliphatic heterocycles. The zero-order valence-electron chi connectivity index (χ0n) is 15.3. The van der Waals surface area contributed by atoms with Crippen molar-refractivity contribution >= 4 is 17.3 Å². The van der Waals surface area contributed by atoms with E-state index in [1.807, 2.05) is 24.1 Å². The Labute approximate surface area is 151 Å². The van der Waals surface area contributed by atoms with Crippen LogP contribution in [0, 0.1) is 5.92 Å². The third-order valence-electron chi connectivity index (χ3n) is 5.20. The van der Waals surface area contributed by atoms with Gasteiger partial charge in [-0.2, -0.15) is 0 Å². The Bertz CT molecular complexity index is 549. The van der Waals surface area contributed by atoms with Gasteiger partial charge in [0.25, 0.3) is 0 Å². The van der Waals surface area contributed by atoms with E-state index in [2.05, 4.69) is 22.3 Å². The molecule has 5 heteroatoms. The number of hydrogen-bond acceptors (Lipinski definition) is 4. The van der Waals surface area contributed by atoms with E-state index in [1.54, 1.807) is 0 Å². The highest BCUT2D eigenvalue weighted by molar-refractivity contribution is 5.92. The molecular weight excluding hydrogens is 314 g/mol. The van der Waals surface area contributed by atoms with Crippen LogP contribution >= 0.6 is 0 Å². The number of hydrogen-bond donors (Lipinski definition) is 2. The molecule has 0 aromatic heterocycles. The first kappa shape index (κ1) is 18.2. The van der Waals surface area contributed by atoms with Crippen molar-refractivity contribution in [1.29, 1.82) is 0 Å². The predicted molar refractivity (Wildman–Crippen MR) is 102 cm³/mol. The van der Waals surface area contributed by atoms with Crippen LogP contribution in [0.1, 0.15) is 38.5 Å². The molecule has 1 saturated heterocycles. The zero-order valence-corrected chi connectivity index (χ0v) is 15.3. The van der Waals surface area contributed by atoms with Crippen LogP contribution in [0.15, 0.2) is 24.3 Å². The normalized spacial score (nSPS) is 19.6. The minimum atomic E-state index is -0.300. The third kappa shape index (κ3) is 5.72. The van der Waals surface area contributed by atoms with Gasteiger partial charge < -0.3 is 15.3 Å². The Morgan fingerprint density at radius 2 is 1.84 bits per heavy atom. The Morgan fingerprint density at radius 3 is 2.44 bits per heavy atom. The molecule has 3 rings (SSSR count). The molecule has 1 atom stereocenters. The minimum absolute atomic E-state index is 0.0342. The number of carbonyl (C=O) groups excluding carboxylic acids is 1. The SMILES string of the molecule is CN(CC(=O)Nc1ccc(N2CCCCCC2)cc1)CC(O)C1CC1. The lowest BCUT2D eigenvalue weighted by Gasteiger charge is -2.23. The lowest BCUT2D eigenvalue weighted by Crippen LogP contribution is -2.36. The van der Waals surface area contributed by atoms with Gasteiger partial charge in [-0.3, -0.25) is 9.69 Å². The molecular formula is C20H31N3O2. The molecule has 2 aliphatic rings. The Hall–Kier alpha value is -1.59. The Morgan fingerprint density at radius 1 is 1.20 bits per heavy atom. The molecule has 0 radical (unpaired) electrons. The lowest BCUT2D eigenvalue weighted by atomic mass is 10.2. The maximum atomic E-state index is 12.2. The Kier molecular flexibility index (Phi) is 6.32. The van der Waals surface area contributed by atoms with Crippen LogP contribution in [0.5, 0.6) is 0 Å². The van der Waals surface area contributed by atoms with Gasteiger partial charge in [0.05, 0.1) is 12.6 Å². The Balaban J connectivity index is 1.46. The number of carbonyl (C=O) groups is 1. The van der Waals surface area contributed by atoms with Crippen LogP contribution in [0.25, 0.3) is 0 Å². The smallest absolute Gasteiger partial charge is 0.238 e. The summed E-state index contributed by atoms with van der Waals surface area (Å²) in [5, 5.41) is 12.9. The third-order valence-corrected chi connectivity index (χ3v) is 5.20. The summed E-state index contributed by atoms with van der Waals surface area (Å²) in [6.07, 6.45) is 7.11. The fourth-order valence-electron chi connectivity index (χ4n) is 3.54. The maximum absolute atomic E-state index is 12.2. The number of aliphatic hydroxyl groups is 1. The number of benzene rings is 1. The zero-order chi connectivity index (χ0) is 17.6. The number of amides is 1. The topological polar surface area (TPSA) is 55.8 Å². The van der Waals surface area contributed by atoms with E-state index < -0.39 is 0 Å². The van der Waals surface area contributed by atoms with Gasteiger partial charge in [0.2, 0.25) is 5.91 Å². The van der Waals surface area contributed by atoms with Crippen LogP contribution in [0.2, 0.25) is 0 Å². The van der Waals surface area contributed by atoms with Crippen molar-refractivity contribution in [2.24, 2.45) is 5.92 Å². The first-order valence-corrected chi connectivity index (χ1v) is 9.63. The molecule has 1 saturated carbocycles. The fourth-order valence-corrected chi connectivity index (χ4v) is 3.54. The molecule has 25 heavy (non-hydrogen) atoms. The highest BCUT2D eigenvalue weighted by atomic mass is 16.3. The number of aliphatic hydroxyl groups excluding tert-OH is 1. The van der Waals surface area contributed by atoms with Crippen molar-refractivity contribution in [3.8, 4) is 0 Å². The predicted octanol–water partition coefficient (Wildman–Crippen LogP) is 2.71. The molecule has 1 aromatic carbocycles. The standard InChI is InChI=1S/C20H31N3O2/c1-22(14-19(24)16-6-7-16)15-20(25)21-17-8-10-18(11-9-17)23-12-4-2-3-5-13-23/h8-11,16,19,24H,2-7,12-15H2,1H3,(H,21,25). The molecule has 1 aromatic rings. The van der Waals surface area contributed by atoms with E-state index in [0.29, 0.717) is 19.0 Å². The van der Waals surface area contributed by atoms with Crippen LogP contribution in [-0.4, -0.2) is 55.2 Å². The molecule has 0 spiro atoms. The van der Waals surface area contributed by atoms with Crippen LogP contribution < -0.4 is 10.2 Å². The molecule has 2 fully saturated rings. The van der Waals surface area contributed by atoms with E-state index in [-0.39, 0.29) is 12.0 Å². The molecule has 1 aliphatic carbocycles. The van der Waals surface area contributed by atoms with Gasteiger partial charge >= 0.3 is 0 Å². The molecule has 2 N–H and O–H groups in total. The second-order valence-electron chi connectivity index (χ2n) is 7.60. The van der Waals surface area contributed by atoms with Crippen molar-refractivity contribution in [2.75, 3.05) is 43.4 Å². The van der Waals surface area contributed by atoms with E-state index >= 15 is 0 Å². The van der Waals surface area contributed by atoms with Crippen molar-refractivity contribution in [3.63, 3.8) is 0 Å². The number of anilines is 2. The second kappa shape index (κ2) is 8.68. The molecule has 138 valence electrons. The van der Waals surface area contributed by atoms with Gasteiger partial charge in [-0.15, -0.1) is 0 Å². The fraction of sp³-hybridized carbons (Fsp3) is 0.650. The number of rotatable bonds is 7. The first-order chi connectivity index (χ1) is 12.1. The van der Waals surface area contributed by atoms with Crippen LogP contribution in [0.4, 0.5) is 11.4 Å². The number of nitrogens with zero attached hydrogens (tertiary/aromatic N) is 2. The second-order valence-corrected chi connectivity index (χ2v) is 7.60. The summed E-state index contributed by atoms with van der Waals surface area (Å²) >= 11 is 0. The first-order valence-electron chi connectivity index (χ1n) is 9.63. The average Bonchev–Trinajstić information content (AvgIpc) is 3.42. The summed E-state index contributed by atoms with van der Waals surface area (Å²) in [5.74, 6) is 0.407. The number of likely N-dealkylation sites (N-methyl/N-ethyl adjacent to an activating group) is 1. The monoisotopic (exact) mass is 345 g/mol. The molecule has 0 bridgehead atoms. The average molecular weight is 345 g/mol. The lowest BCUT2D eigenvalue weighted by molar-refractivity contribution is -0.117. The summed E-state index contributed by atoms with van der Waals surface area (Å²) in [5.41, 5.74) is 2.07. The van der Waals surface area contributed by atoms with Crippen molar-refractivity contribution in [2.45, 2.75) is 44.6 Å². The summed E-state index contributed by atoms with van der Waals surface area (Å²) in [4.78, 5) is 16.5.